The molecule has 0 radical (unpaired) electrons. The zero-order valence-corrected chi connectivity index (χ0v) is 12.3. The zero-order chi connectivity index (χ0) is 14.4. The summed E-state index contributed by atoms with van der Waals surface area (Å²) < 4.78 is 5.21. The highest BCUT2D eigenvalue weighted by Gasteiger charge is 2.12. The van der Waals surface area contributed by atoms with E-state index < -0.39 is 0 Å². The Labute approximate surface area is 121 Å². The predicted octanol–water partition coefficient (Wildman–Crippen LogP) is 1.57. The van der Waals surface area contributed by atoms with Gasteiger partial charge in [0.15, 0.2) is 0 Å². The monoisotopic (exact) mass is 292 g/mol. The lowest BCUT2D eigenvalue weighted by molar-refractivity contribution is -0.127. The van der Waals surface area contributed by atoms with Gasteiger partial charge in [0.05, 0.1) is 5.75 Å². The van der Waals surface area contributed by atoms with Gasteiger partial charge in [-0.3, -0.25) is 9.78 Å². The van der Waals surface area contributed by atoms with Crippen LogP contribution in [-0.2, 0) is 11.2 Å². The number of thioether (sulfide) groups is 1. The first-order chi connectivity index (χ1) is 9.65. The molecule has 0 aliphatic heterocycles. The van der Waals surface area contributed by atoms with Crippen LogP contribution in [0.2, 0.25) is 0 Å². The fourth-order valence-electron chi connectivity index (χ4n) is 1.54. The van der Waals surface area contributed by atoms with Gasteiger partial charge in [0, 0.05) is 32.9 Å². The second kappa shape index (κ2) is 7.04. The van der Waals surface area contributed by atoms with Crippen LogP contribution in [-0.4, -0.2) is 45.3 Å². The molecule has 2 heterocycles. The van der Waals surface area contributed by atoms with Gasteiger partial charge < -0.3 is 9.32 Å². The number of aromatic nitrogens is 3. The third kappa shape index (κ3) is 4.34. The number of amides is 1. The SMILES string of the molecule is Cc1nnc(SCC(=O)N(C)CCc2ccncc2)o1. The van der Waals surface area contributed by atoms with Crippen molar-refractivity contribution in [2.75, 3.05) is 19.3 Å². The molecule has 20 heavy (non-hydrogen) atoms. The van der Waals surface area contributed by atoms with E-state index in [0.717, 1.165) is 6.42 Å². The number of pyridine rings is 1. The Morgan fingerprint density at radius 1 is 1.35 bits per heavy atom. The molecule has 0 saturated heterocycles. The highest BCUT2D eigenvalue weighted by molar-refractivity contribution is 7.99. The quantitative estimate of drug-likeness (QED) is 0.752. The minimum absolute atomic E-state index is 0.0416. The van der Waals surface area contributed by atoms with Crippen LogP contribution in [0.25, 0.3) is 0 Å². The molecule has 2 rings (SSSR count). The lowest BCUT2D eigenvalue weighted by Gasteiger charge is -2.16. The molecule has 2 aromatic heterocycles. The molecule has 0 spiro atoms. The summed E-state index contributed by atoms with van der Waals surface area (Å²) >= 11 is 1.26. The van der Waals surface area contributed by atoms with Crippen molar-refractivity contribution in [3.05, 3.63) is 36.0 Å². The molecule has 2 aromatic rings. The summed E-state index contributed by atoms with van der Waals surface area (Å²) in [5, 5.41) is 7.99. The van der Waals surface area contributed by atoms with Gasteiger partial charge in [-0.05, 0) is 24.1 Å². The molecule has 7 heteroatoms. The molecule has 1 amide bonds. The summed E-state index contributed by atoms with van der Waals surface area (Å²) in [6.45, 7) is 2.39. The summed E-state index contributed by atoms with van der Waals surface area (Å²) in [6.07, 6.45) is 4.32. The van der Waals surface area contributed by atoms with Crippen LogP contribution < -0.4 is 0 Å². The Hall–Kier alpha value is -1.89. The third-order valence-electron chi connectivity index (χ3n) is 2.74. The average molecular weight is 292 g/mol. The molecule has 0 bridgehead atoms. The van der Waals surface area contributed by atoms with Gasteiger partial charge in [-0.25, -0.2) is 0 Å². The molecular formula is C13H16N4O2S. The first-order valence-corrected chi connectivity index (χ1v) is 7.19. The summed E-state index contributed by atoms with van der Waals surface area (Å²) in [6, 6.07) is 3.91. The van der Waals surface area contributed by atoms with Crippen LogP contribution in [0.15, 0.2) is 34.2 Å². The van der Waals surface area contributed by atoms with Crippen molar-refractivity contribution in [3.8, 4) is 0 Å². The molecule has 0 aromatic carbocycles. The maximum Gasteiger partial charge on any atom is 0.277 e. The summed E-state index contributed by atoms with van der Waals surface area (Å²) in [7, 11) is 1.79. The van der Waals surface area contributed by atoms with E-state index in [0.29, 0.717) is 23.4 Å². The summed E-state index contributed by atoms with van der Waals surface area (Å²) in [4.78, 5) is 17.6. The lowest BCUT2D eigenvalue weighted by atomic mass is 10.2. The molecular weight excluding hydrogens is 276 g/mol. The number of aryl methyl sites for hydroxylation is 1. The van der Waals surface area contributed by atoms with Gasteiger partial charge in [0.2, 0.25) is 11.8 Å². The van der Waals surface area contributed by atoms with Crippen molar-refractivity contribution in [2.24, 2.45) is 0 Å². The Morgan fingerprint density at radius 3 is 2.75 bits per heavy atom. The van der Waals surface area contributed by atoms with E-state index in [1.807, 2.05) is 12.1 Å². The van der Waals surface area contributed by atoms with Gasteiger partial charge in [0.25, 0.3) is 5.22 Å². The molecule has 0 N–H and O–H groups in total. The highest BCUT2D eigenvalue weighted by atomic mass is 32.2. The number of nitrogens with zero attached hydrogens (tertiary/aromatic N) is 4. The van der Waals surface area contributed by atoms with Gasteiger partial charge in [0.1, 0.15) is 0 Å². The molecule has 0 atom stereocenters. The summed E-state index contributed by atoms with van der Waals surface area (Å²) in [5.74, 6) is 0.847. The van der Waals surface area contributed by atoms with Crippen molar-refractivity contribution >= 4 is 17.7 Å². The normalized spacial score (nSPS) is 10.5. The molecule has 0 aliphatic rings. The smallest absolute Gasteiger partial charge is 0.277 e. The van der Waals surface area contributed by atoms with E-state index >= 15 is 0 Å². The van der Waals surface area contributed by atoms with Crippen LogP contribution >= 0.6 is 11.8 Å². The van der Waals surface area contributed by atoms with Crippen molar-refractivity contribution in [1.29, 1.82) is 0 Å². The van der Waals surface area contributed by atoms with E-state index in [1.165, 1.54) is 17.3 Å². The van der Waals surface area contributed by atoms with Gasteiger partial charge in [-0.2, -0.15) is 0 Å². The number of carbonyl (C=O) groups is 1. The zero-order valence-electron chi connectivity index (χ0n) is 11.4. The first kappa shape index (κ1) is 14.5. The minimum atomic E-state index is 0.0416. The van der Waals surface area contributed by atoms with E-state index in [9.17, 15) is 4.79 Å². The number of hydrogen-bond acceptors (Lipinski definition) is 6. The minimum Gasteiger partial charge on any atom is -0.416 e. The number of likely N-dealkylation sites (N-methyl/N-ethyl adjacent to an activating group) is 1. The van der Waals surface area contributed by atoms with Crippen molar-refractivity contribution in [1.82, 2.24) is 20.1 Å². The Balaban J connectivity index is 1.74. The Bertz CT molecular complexity index is 559. The van der Waals surface area contributed by atoms with Gasteiger partial charge in [-0.1, -0.05) is 11.8 Å². The Kier molecular flexibility index (Phi) is 5.11. The lowest BCUT2D eigenvalue weighted by Crippen LogP contribution is -2.30. The molecule has 0 fully saturated rings. The van der Waals surface area contributed by atoms with E-state index in [2.05, 4.69) is 15.2 Å². The Morgan fingerprint density at radius 2 is 2.10 bits per heavy atom. The molecule has 6 nitrogen and oxygen atoms in total. The van der Waals surface area contributed by atoms with Crippen LogP contribution in [0.5, 0.6) is 0 Å². The predicted molar refractivity (Wildman–Crippen MR) is 75.3 cm³/mol. The summed E-state index contributed by atoms with van der Waals surface area (Å²) in [5.41, 5.74) is 1.17. The topological polar surface area (TPSA) is 72.1 Å². The maximum atomic E-state index is 11.9. The standard InChI is InChI=1S/C13H16N4O2S/c1-10-15-16-13(19-10)20-9-12(18)17(2)8-5-11-3-6-14-7-4-11/h3-4,6-7H,5,8-9H2,1-2H3. The average Bonchev–Trinajstić information content (AvgIpc) is 2.89. The maximum absolute atomic E-state index is 11.9. The van der Waals surface area contributed by atoms with E-state index in [1.54, 1.807) is 31.3 Å². The van der Waals surface area contributed by atoms with Crippen LogP contribution in [0.4, 0.5) is 0 Å². The molecule has 0 unspecified atom stereocenters. The van der Waals surface area contributed by atoms with Crippen molar-refractivity contribution in [3.63, 3.8) is 0 Å². The van der Waals surface area contributed by atoms with Crippen LogP contribution in [0, 0.1) is 6.92 Å². The first-order valence-electron chi connectivity index (χ1n) is 6.21. The second-order valence-corrected chi connectivity index (χ2v) is 5.22. The fraction of sp³-hybridized carbons (Fsp3) is 0.385. The second-order valence-electron chi connectivity index (χ2n) is 4.30. The largest absolute Gasteiger partial charge is 0.416 e. The van der Waals surface area contributed by atoms with E-state index in [4.69, 9.17) is 4.42 Å². The third-order valence-corrected chi connectivity index (χ3v) is 3.54. The fourth-order valence-corrected chi connectivity index (χ4v) is 2.29. The van der Waals surface area contributed by atoms with Crippen molar-refractivity contribution in [2.45, 2.75) is 18.6 Å². The highest BCUT2D eigenvalue weighted by Crippen LogP contribution is 2.15. The molecule has 106 valence electrons. The van der Waals surface area contributed by atoms with E-state index in [-0.39, 0.29) is 5.91 Å². The van der Waals surface area contributed by atoms with Gasteiger partial charge in [-0.15, -0.1) is 10.2 Å². The van der Waals surface area contributed by atoms with Crippen molar-refractivity contribution < 1.29 is 9.21 Å². The van der Waals surface area contributed by atoms with Gasteiger partial charge >= 0.3 is 0 Å². The van der Waals surface area contributed by atoms with Crippen LogP contribution in [0.3, 0.4) is 0 Å². The number of hydrogen-bond donors (Lipinski definition) is 0. The number of carbonyl (C=O) groups excluding carboxylic acids is 1. The molecule has 0 aliphatic carbocycles. The van der Waals surface area contributed by atoms with Crippen LogP contribution in [0.1, 0.15) is 11.5 Å². The molecule has 0 saturated carbocycles. The number of rotatable bonds is 6.